The Morgan fingerprint density at radius 1 is 0.917 bits per heavy atom. The lowest BCUT2D eigenvalue weighted by Gasteiger charge is -2.17. The van der Waals surface area contributed by atoms with E-state index in [1.54, 1.807) is 0 Å². The van der Waals surface area contributed by atoms with E-state index < -0.39 is 35.1 Å². The van der Waals surface area contributed by atoms with Crippen LogP contribution in [0.5, 0.6) is 0 Å². The van der Waals surface area contributed by atoms with Gasteiger partial charge in [-0.15, -0.1) is 0 Å². The third-order valence-corrected chi connectivity index (χ3v) is 3.47. The summed E-state index contributed by atoms with van der Waals surface area (Å²) in [5.41, 5.74) is -2.21. The fraction of sp³-hybridized carbons (Fsp3) is 0.500. The number of esters is 4. The quantitative estimate of drug-likeness (QED) is 0.421. The van der Waals surface area contributed by atoms with Crippen molar-refractivity contribution in [3.05, 3.63) is 25.3 Å². The van der Waals surface area contributed by atoms with E-state index >= 15 is 0 Å². The van der Waals surface area contributed by atoms with E-state index in [1.807, 2.05) is 0 Å². The Morgan fingerprint density at radius 3 is 1.46 bits per heavy atom. The summed E-state index contributed by atoms with van der Waals surface area (Å²) in [7, 11) is 0. The molecule has 2 saturated heterocycles. The smallest absolute Gasteiger partial charge is 0.350 e. The molecule has 0 aromatic rings. The van der Waals surface area contributed by atoms with Crippen LogP contribution in [-0.2, 0) is 38.1 Å². The molecule has 0 amide bonds. The topological polar surface area (TPSA) is 105 Å². The molecular formula is C16H20O8. The zero-order chi connectivity index (χ0) is 18.4. The highest BCUT2D eigenvalue weighted by Gasteiger charge is 2.44. The number of cyclic esters (lactones) is 2. The first-order valence-electron chi connectivity index (χ1n) is 7.22. The normalized spacial score (nSPS) is 27.9. The standard InChI is InChI=1S/2C8H10O4/c2*1-3-6(9)12-8(2)4-5-11-7(8)10/h2*3H,1,4-5H2,2H3. The van der Waals surface area contributed by atoms with Gasteiger partial charge in [0.05, 0.1) is 13.2 Å². The predicted octanol–water partition coefficient (Wildman–Crippen LogP) is 0.842. The fourth-order valence-corrected chi connectivity index (χ4v) is 1.90. The second-order valence-corrected chi connectivity index (χ2v) is 5.48. The monoisotopic (exact) mass is 340 g/mol. The van der Waals surface area contributed by atoms with E-state index in [0.717, 1.165) is 12.2 Å². The highest BCUT2D eigenvalue weighted by molar-refractivity contribution is 5.88. The molecule has 0 aliphatic carbocycles. The second kappa shape index (κ2) is 7.76. The van der Waals surface area contributed by atoms with Gasteiger partial charge >= 0.3 is 23.9 Å². The van der Waals surface area contributed by atoms with Crippen LogP contribution in [-0.4, -0.2) is 48.3 Å². The molecule has 2 aliphatic heterocycles. The number of hydrogen-bond acceptors (Lipinski definition) is 8. The molecular weight excluding hydrogens is 320 g/mol. The number of rotatable bonds is 4. The van der Waals surface area contributed by atoms with Crippen LogP contribution >= 0.6 is 0 Å². The minimum absolute atomic E-state index is 0.305. The average molecular weight is 340 g/mol. The molecule has 0 spiro atoms. The molecule has 8 heteroatoms. The largest absolute Gasteiger partial charge is 0.463 e. The summed E-state index contributed by atoms with van der Waals surface area (Å²) < 4.78 is 19.0. The maximum absolute atomic E-state index is 11.0. The SMILES string of the molecule is C=CC(=O)OC1(C)CCOC1=O.C=CC(=O)OC1(C)CCOC1=O. The summed E-state index contributed by atoms with van der Waals surface area (Å²) >= 11 is 0. The van der Waals surface area contributed by atoms with Crippen molar-refractivity contribution in [3.63, 3.8) is 0 Å². The highest BCUT2D eigenvalue weighted by atomic mass is 16.6. The maximum Gasteiger partial charge on any atom is 0.350 e. The van der Waals surface area contributed by atoms with Gasteiger partial charge in [-0.2, -0.15) is 0 Å². The first-order valence-corrected chi connectivity index (χ1v) is 7.22. The van der Waals surface area contributed by atoms with Gasteiger partial charge < -0.3 is 18.9 Å². The van der Waals surface area contributed by atoms with Gasteiger partial charge in [0.15, 0.2) is 0 Å². The molecule has 132 valence electrons. The first kappa shape index (κ1) is 19.4. The second-order valence-electron chi connectivity index (χ2n) is 5.48. The lowest BCUT2D eigenvalue weighted by Crippen LogP contribution is -2.35. The van der Waals surface area contributed by atoms with Crippen molar-refractivity contribution in [2.75, 3.05) is 13.2 Å². The lowest BCUT2D eigenvalue weighted by molar-refractivity contribution is -0.167. The van der Waals surface area contributed by atoms with Gasteiger partial charge in [0.2, 0.25) is 11.2 Å². The molecule has 0 aromatic carbocycles. The summed E-state index contributed by atoms with van der Waals surface area (Å²) in [6.45, 7) is 10.1. The molecule has 8 nitrogen and oxygen atoms in total. The van der Waals surface area contributed by atoms with E-state index in [9.17, 15) is 19.2 Å². The Kier molecular flexibility index (Phi) is 6.27. The fourth-order valence-electron chi connectivity index (χ4n) is 1.90. The van der Waals surface area contributed by atoms with Crippen molar-refractivity contribution in [2.24, 2.45) is 0 Å². The third kappa shape index (κ3) is 4.68. The Morgan fingerprint density at radius 2 is 1.25 bits per heavy atom. The number of ether oxygens (including phenoxy) is 4. The third-order valence-electron chi connectivity index (χ3n) is 3.47. The van der Waals surface area contributed by atoms with E-state index in [4.69, 9.17) is 9.47 Å². The number of hydrogen-bond donors (Lipinski definition) is 0. The molecule has 0 saturated carbocycles. The van der Waals surface area contributed by atoms with E-state index in [0.29, 0.717) is 26.1 Å². The highest BCUT2D eigenvalue weighted by Crippen LogP contribution is 2.24. The number of carbonyl (C=O) groups is 4. The van der Waals surface area contributed by atoms with Crippen molar-refractivity contribution in [2.45, 2.75) is 37.9 Å². The summed E-state index contributed by atoms with van der Waals surface area (Å²) in [5, 5.41) is 0. The van der Waals surface area contributed by atoms with Gasteiger partial charge in [0.1, 0.15) is 0 Å². The van der Waals surface area contributed by atoms with Crippen LogP contribution in [0.2, 0.25) is 0 Å². The van der Waals surface area contributed by atoms with Crippen molar-refractivity contribution in [1.82, 2.24) is 0 Å². The minimum atomic E-state index is -1.11. The molecule has 0 radical (unpaired) electrons. The Balaban J connectivity index is 0.000000240. The Labute approximate surface area is 139 Å². The van der Waals surface area contributed by atoms with E-state index in [-0.39, 0.29) is 0 Å². The Bertz CT molecular complexity index is 516. The molecule has 0 bridgehead atoms. The molecule has 2 rings (SSSR count). The van der Waals surface area contributed by atoms with Crippen LogP contribution < -0.4 is 0 Å². The molecule has 2 fully saturated rings. The molecule has 0 N–H and O–H groups in total. The molecule has 0 aromatic heterocycles. The molecule has 2 heterocycles. The maximum atomic E-state index is 11.0. The van der Waals surface area contributed by atoms with Crippen LogP contribution in [0.25, 0.3) is 0 Å². The molecule has 24 heavy (non-hydrogen) atoms. The van der Waals surface area contributed by atoms with Crippen LogP contribution in [0.1, 0.15) is 26.7 Å². The van der Waals surface area contributed by atoms with Crippen LogP contribution in [0, 0.1) is 0 Å². The van der Waals surface area contributed by atoms with Crippen LogP contribution in [0.4, 0.5) is 0 Å². The zero-order valence-electron chi connectivity index (χ0n) is 13.7. The Hall–Kier alpha value is -2.64. The van der Waals surface area contributed by atoms with E-state index in [1.165, 1.54) is 13.8 Å². The summed E-state index contributed by atoms with van der Waals surface area (Å²) in [5.74, 6) is -2.18. The van der Waals surface area contributed by atoms with Crippen molar-refractivity contribution in [1.29, 1.82) is 0 Å². The van der Waals surface area contributed by atoms with Crippen LogP contribution in [0.3, 0.4) is 0 Å². The van der Waals surface area contributed by atoms with Gasteiger partial charge in [0, 0.05) is 25.0 Å². The molecule has 2 aliphatic rings. The summed E-state index contributed by atoms with van der Waals surface area (Å²) in [4.78, 5) is 43.6. The zero-order valence-corrected chi connectivity index (χ0v) is 13.7. The van der Waals surface area contributed by atoms with Gasteiger partial charge in [-0.1, -0.05) is 13.2 Å². The van der Waals surface area contributed by atoms with Gasteiger partial charge in [-0.3, -0.25) is 0 Å². The first-order chi connectivity index (χ1) is 11.2. The predicted molar refractivity (Wildman–Crippen MR) is 80.5 cm³/mol. The van der Waals surface area contributed by atoms with Crippen molar-refractivity contribution < 1.29 is 38.1 Å². The van der Waals surface area contributed by atoms with Crippen molar-refractivity contribution >= 4 is 23.9 Å². The molecule has 2 unspecified atom stereocenters. The summed E-state index contributed by atoms with van der Waals surface area (Å²) in [6, 6.07) is 0. The number of carbonyl (C=O) groups excluding carboxylic acids is 4. The van der Waals surface area contributed by atoms with E-state index in [2.05, 4.69) is 22.6 Å². The van der Waals surface area contributed by atoms with Gasteiger partial charge in [-0.25, -0.2) is 19.2 Å². The van der Waals surface area contributed by atoms with Gasteiger partial charge in [0.25, 0.3) is 0 Å². The lowest BCUT2D eigenvalue weighted by atomic mass is 10.1. The van der Waals surface area contributed by atoms with Gasteiger partial charge in [-0.05, 0) is 13.8 Å². The average Bonchev–Trinajstić information content (AvgIpc) is 3.02. The minimum Gasteiger partial charge on any atom is -0.463 e. The molecule has 2 atom stereocenters. The van der Waals surface area contributed by atoms with Crippen LogP contribution in [0.15, 0.2) is 25.3 Å². The summed E-state index contributed by atoms with van der Waals surface area (Å²) in [6.07, 6.45) is 2.87. The van der Waals surface area contributed by atoms with Crippen molar-refractivity contribution in [3.8, 4) is 0 Å².